The molecule has 2 aliphatic carbocycles. The van der Waals surface area contributed by atoms with E-state index in [9.17, 15) is 0 Å². The molecule has 2 aliphatic heterocycles. The molecule has 2 unspecified atom stereocenters. The van der Waals surface area contributed by atoms with Crippen molar-refractivity contribution in [3.8, 4) is 45.2 Å². The Balaban J connectivity index is 0.944. The molecule has 2 atom stereocenters. The van der Waals surface area contributed by atoms with Gasteiger partial charge in [-0.2, -0.15) is 0 Å². The fraction of sp³-hybridized carbons (Fsp3) is 0.0492. The minimum Gasteiger partial charge on any atom is -0.483 e. The highest BCUT2D eigenvalue weighted by atomic mass is 16.5. The molecule has 65 heavy (non-hydrogen) atoms. The average molecular weight is 833 g/mol. The van der Waals surface area contributed by atoms with Crippen molar-refractivity contribution in [1.29, 1.82) is 0 Å². The zero-order valence-electron chi connectivity index (χ0n) is 35.3. The number of fused-ring (bicyclic) bond motifs is 15. The first-order valence-electron chi connectivity index (χ1n) is 22.5. The predicted molar refractivity (Wildman–Crippen MR) is 263 cm³/mol. The number of rotatable bonds is 5. The Kier molecular flexibility index (Phi) is 7.70. The number of nitrogens with zero attached hydrogens (tertiary/aromatic N) is 2. The lowest BCUT2D eigenvalue weighted by atomic mass is 9.66. The molecule has 1 spiro atoms. The summed E-state index contributed by atoms with van der Waals surface area (Å²) in [7, 11) is 0. The third kappa shape index (κ3) is 5.14. The van der Waals surface area contributed by atoms with Gasteiger partial charge in [0.2, 0.25) is 0 Å². The van der Waals surface area contributed by atoms with Crippen molar-refractivity contribution in [1.82, 2.24) is 4.57 Å². The van der Waals surface area contributed by atoms with Crippen molar-refractivity contribution in [2.45, 2.75) is 17.4 Å². The maximum atomic E-state index is 6.92. The predicted octanol–water partition coefficient (Wildman–Crippen LogP) is 15.1. The van der Waals surface area contributed by atoms with Gasteiger partial charge in [0.05, 0.1) is 22.1 Å². The molecule has 0 radical (unpaired) electrons. The van der Waals surface area contributed by atoms with Crippen molar-refractivity contribution < 1.29 is 9.47 Å². The number of hydrogen-bond acceptors (Lipinski definition) is 3. The van der Waals surface area contributed by atoms with Crippen LogP contribution in [0.1, 0.15) is 33.7 Å². The van der Waals surface area contributed by atoms with Crippen LogP contribution in [0.25, 0.3) is 49.7 Å². The summed E-state index contributed by atoms with van der Waals surface area (Å²) in [5, 5.41) is 2.48. The van der Waals surface area contributed by atoms with E-state index in [1.807, 2.05) is 0 Å². The molecule has 0 saturated heterocycles. The number of ether oxygens (including phenoxy) is 2. The number of hydrogen-bond donors (Lipinski definition) is 0. The zero-order chi connectivity index (χ0) is 42.6. The summed E-state index contributed by atoms with van der Waals surface area (Å²) in [6.45, 7) is 0. The number of benzene rings is 9. The van der Waals surface area contributed by atoms with Gasteiger partial charge in [-0.3, -0.25) is 0 Å². The second-order valence-electron chi connectivity index (χ2n) is 17.5. The third-order valence-corrected chi connectivity index (χ3v) is 14.2. The first-order chi connectivity index (χ1) is 32.2. The lowest BCUT2D eigenvalue weighted by Crippen LogP contribution is -2.34. The van der Waals surface area contributed by atoms with Crippen LogP contribution in [0, 0.1) is 0 Å². The van der Waals surface area contributed by atoms with Gasteiger partial charge in [0.15, 0.2) is 0 Å². The zero-order valence-corrected chi connectivity index (χ0v) is 35.3. The molecule has 10 aromatic rings. The Morgan fingerprint density at radius 3 is 1.91 bits per heavy atom. The number of aromatic nitrogens is 1. The summed E-state index contributed by atoms with van der Waals surface area (Å²) >= 11 is 0. The average Bonchev–Trinajstić information content (AvgIpc) is 4.01. The Labute approximate surface area is 377 Å². The van der Waals surface area contributed by atoms with E-state index in [1.165, 1.54) is 55.2 Å². The first kappa shape index (κ1) is 36.2. The van der Waals surface area contributed by atoms with Crippen LogP contribution in [0.5, 0.6) is 17.2 Å². The van der Waals surface area contributed by atoms with Crippen LogP contribution in [0.4, 0.5) is 11.4 Å². The second-order valence-corrected chi connectivity index (χ2v) is 17.5. The molecule has 9 aromatic carbocycles. The van der Waals surface area contributed by atoms with Gasteiger partial charge in [0, 0.05) is 50.4 Å². The van der Waals surface area contributed by atoms with Crippen LogP contribution in [0.3, 0.4) is 0 Å². The van der Waals surface area contributed by atoms with Crippen LogP contribution in [-0.2, 0) is 5.41 Å². The highest BCUT2D eigenvalue weighted by molar-refractivity contribution is 6.10. The SMILES string of the molecule is C1=CC2c3ccccc3OC2C(N(c2ccc(-c3ccc4c(c3)c3ccccc3n4-c3ccccc3)cc2)c2ccc3c(c2)C2(c4ccccc4Oc4ccccc42)c2ccccc2-3)=C1. The largest absolute Gasteiger partial charge is 0.483 e. The van der Waals surface area contributed by atoms with Gasteiger partial charge in [-0.05, 0) is 112 Å². The fourth-order valence-electron chi connectivity index (χ4n) is 11.5. The maximum Gasteiger partial charge on any atom is 0.149 e. The molecule has 4 heteroatoms. The van der Waals surface area contributed by atoms with Crippen LogP contribution in [-0.4, -0.2) is 10.7 Å². The molecule has 0 bridgehead atoms. The molecule has 306 valence electrons. The number of anilines is 2. The number of allylic oxidation sites excluding steroid dienone is 2. The topological polar surface area (TPSA) is 26.6 Å². The molecule has 4 nitrogen and oxygen atoms in total. The lowest BCUT2D eigenvalue weighted by Gasteiger charge is -2.40. The van der Waals surface area contributed by atoms with Crippen LogP contribution in [0.2, 0.25) is 0 Å². The highest BCUT2D eigenvalue weighted by Crippen LogP contribution is 2.62. The minimum absolute atomic E-state index is 0.0944. The van der Waals surface area contributed by atoms with Gasteiger partial charge >= 0.3 is 0 Å². The summed E-state index contributed by atoms with van der Waals surface area (Å²) in [6, 6.07) is 77.0. The maximum absolute atomic E-state index is 6.92. The van der Waals surface area contributed by atoms with E-state index in [2.05, 4.69) is 240 Å². The van der Waals surface area contributed by atoms with Crippen molar-refractivity contribution >= 4 is 33.2 Å². The normalized spacial score (nSPS) is 16.7. The molecule has 1 aromatic heterocycles. The van der Waals surface area contributed by atoms with E-state index < -0.39 is 5.41 Å². The molecule has 0 N–H and O–H groups in total. The molecule has 0 fully saturated rings. The monoisotopic (exact) mass is 832 g/mol. The van der Waals surface area contributed by atoms with Crippen LogP contribution in [0.15, 0.2) is 236 Å². The third-order valence-electron chi connectivity index (χ3n) is 14.2. The summed E-state index contributed by atoms with van der Waals surface area (Å²) in [6.07, 6.45) is 6.54. The van der Waals surface area contributed by atoms with E-state index in [0.717, 1.165) is 56.7 Å². The summed E-state index contributed by atoms with van der Waals surface area (Å²) in [4.78, 5) is 2.43. The first-order valence-corrected chi connectivity index (χ1v) is 22.5. The van der Waals surface area contributed by atoms with Crippen molar-refractivity contribution in [3.05, 3.63) is 264 Å². The van der Waals surface area contributed by atoms with Gasteiger partial charge in [0.25, 0.3) is 0 Å². The molecule has 3 heterocycles. The Hall–Kier alpha value is -8.34. The summed E-state index contributed by atoms with van der Waals surface area (Å²) < 4.78 is 16.0. The van der Waals surface area contributed by atoms with Crippen molar-refractivity contribution in [3.63, 3.8) is 0 Å². The highest BCUT2D eigenvalue weighted by Gasteiger charge is 2.51. The van der Waals surface area contributed by atoms with Gasteiger partial charge in [-0.1, -0.05) is 152 Å². The molecular weight excluding hydrogens is 793 g/mol. The van der Waals surface area contributed by atoms with Gasteiger partial charge in [-0.25, -0.2) is 0 Å². The van der Waals surface area contributed by atoms with E-state index in [-0.39, 0.29) is 12.0 Å². The van der Waals surface area contributed by atoms with E-state index in [4.69, 9.17) is 9.47 Å². The molecule has 4 aliphatic rings. The molecular formula is C61H40N2O2. The lowest BCUT2D eigenvalue weighted by molar-refractivity contribution is 0.253. The van der Waals surface area contributed by atoms with Gasteiger partial charge in [0.1, 0.15) is 23.4 Å². The summed E-state index contributed by atoms with van der Waals surface area (Å²) in [5.74, 6) is 2.80. The van der Waals surface area contributed by atoms with Crippen LogP contribution >= 0.6 is 0 Å². The molecule has 14 rings (SSSR count). The van der Waals surface area contributed by atoms with E-state index in [1.54, 1.807) is 0 Å². The van der Waals surface area contributed by atoms with Crippen LogP contribution < -0.4 is 14.4 Å². The smallest absolute Gasteiger partial charge is 0.149 e. The summed E-state index contributed by atoms with van der Waals surface area (Å²) in [5.41, 5.74) is 17.0. The quantitative estimate of drug-likeness (QED) is 0.173. The van der Waals surface area contributed by atoms with Crippen molar-refractivity contribution in [2.24, 2.45) is 0 Å². The Morgan fingerprint density at radius 1 is 0.462 bits per heavy atom. The molecule has 0 amide bonds. The van der Waals surface area contributed by atoms with Crippen molar-refractivity contribution in [2.75, 3.05) is 4.90 Å². The second kappa shape index (κ2) is 13.8. The number of para-hydroxylation sites is 5. The van der Waals surface area contributed by atoms with Gasteiger partial charge < -0.3 is 18.9 Å². The molecule has 0 saturated carbocycles. The van der Waals surface area contributed by atoms with E-state index in [0.29, 0.717) is 0 Å². The Morgan fingerprint density at radius 2 is 1.09 bits per heavy atom. The fourth-order valence-corrected chi connectivity index (χ4v) is 11.5. The van der Waals surface area contributed by atoms with Gasteiger partial charge in [-0.15, -0.1) is 0 Å². The minimum atomic E-state index is -0.589. The Bertz CT molecular complexity index is 3590. The standard InChI is InChI=1S/C61H40N2O2/c1-2-15-41(16-3-1)63-54-24-10-5-18-46(54)49-37-40(31-36-55(49)63)39-29-32-42(33-30-39)62(56-25-14-20-48-47-19-6-11-26-57(47)65-60(48)56)43-34-35-45-44-17-4-7-21-50(44)61(53(45)38-43)51-22-8-12-27-58(51)64-59-28-13-9-23-52(59)61/h1-38,48,60H. The van der Waals surface area contributed by atoms with E-state index >= 15 is 0 Å².